The highest BCUT2D eigenvalue weighted by molar-refractivity contribution is 7.98. The molecular weight excluding hydrogens is 479 g/mol. The summed E-state index contributed by atoms with van der Waals surface area (Å²) in [5.41, 5.74) is 7.67. The summed E-state index contributed by atoms with van der Waals surface area (Å²) in [5, 5.41) is 0. The highest BCUT2D eigenvalue weighted by Crippen LogP contribution is 2.29. The SMILES string of the molecule is CN1CCN=C(/C=C/c2ccccc2SCc2ccc(C(C)(C)C)cc2)c2ccccc21.Cl.Cl. The van der Waals surface area contributed by atoms with E-state index in [4.69, 9.17) is 4.99 Å². The Morgan fingerprint density at radius 2 is 1.56 bits per heavy atom. The molecule has 4 rings (SSSR count). The van der Waals surface area contributed by atoms with Crippen LogP contribution in [0.3, 0.4) is 0 Å². The second kappa shape index (κ2) is 12.5. The Kier molecular flexibility index (Phi) is 10.3. The molecule has 2 nitrogen and oxygen atoms in total. The van der Waals surface area contributed by atoms with Crippen LogP contribution in [-0.2, 0) is 11.2 Å². The number of hydrogen-bond acceptors (Lipinski definition) is 3. The van der Waals surface area contributed by atoms with Gasteiger partial charge in [-0.2, -0.15) is 0 Å². The molecule has 180 valence electrons. The average molecular weight is 514 g/mol. The number of likely N-dealkylation sites (N-methyl/N-ethyl adjacent to an activating group) is 1. The summed E-state index contributed by atoms with van der Waals surface area (Å²) in [5.74, 6) is 0.962. The molecule has 0 saturated heterocycles. The van der Waals surface area contributed by atoms with Crippen molar-refractivity contribution in [1.82, 2.24) is 0 Å². The first-order valence-electron chi connectivity index (χ1n) is 11.3. The van der Waals surface area contributed by atoms with E-state index < -0.39 is 0 Å². The molecule has 0 spiro atoms. The number of halogens is 2. The standard InChI is InChI=1S/C29H32N2S.2ClH/c1-29(2,3)24-16-13-22(14-17-24)21-32-28-12-8-5-9-23(28)15-18-26-25-10-6-7-11-27(25)31(4)20-19-30-26;;/h5-18H,19-21H2,1-4H3;2*1H/b18-15+;;. The fourth-order valence-corrected chi connectivity index (χ4v) is 4.86. The molecule has 0 radical (unpaired) electrons. The normalized spacial score (nSPS) is 13.4. The molecular formula is C29H34Cl2N2S. The first kappa shape index (κ1) is 28.0. The molecule has 5 heteroatoms. The zero-order valence-electron chi connectivity index (χ0n) is 20.3. The number of rotatable bonds is 5. The summed E-state index contributed by atoms with van der Waals surface area (Å²) >= 11 is 1.89. The van der Waals surface area contributed by atoms with E-state index in [1.165, 1.54) is 32.8 Å². The van der Waals surface area contributed by atoms with Crippen molar-refractivity contribution < 1.29 is 0 Å². The largest absolute Gasteiger partial charge is 0.372 e. The van der Waals surface area contributed by atoms with Crippen molar-refractivity contribution in [3.63, 3.8) is 0 Å². The number of aliphatic imine (C=N–C) groups is 1. The molecule has 0 atom stereocenters. The molecule has 0 aliphatic carbocycles. The van der Waals surface area contributed by atoms with Gasteiger partial charge in [0.1, 0.15) is 0 Å². The molecule has 0 fully saturated rings. The Morgan fingerprint density at radius 3 is 2.29 bits per heavy atom. The van der Waals surface area contributed by atoms with Gasteiger partial charge in [0.25, 0.3) is 0 Å². The van der Waals surface area contributed by atoms with Crippen LogP contribution in [0.25, 0.3) is 6.08 Å². The molecule has 1 aliphatic heterocycles. The summed E-state index contributed by atoms with van der Waals surface area (Å²) in [6, 6.07) is 26.2. The maximum absolute atomic E-state index is 4.86. The topological polar surface area (TPSA) is 15.6 Å². The van der Waals surface area contributed by atoms with Gasteiger partial charge in [-0.25, -0.2) is 0 Å². The fourth-order valence-electron chi connectivity index (χ4n) is 3.87. The predicted octanol–water partition coefficient (Wildman–Crippen LogP) is 8.07. The number of anilines is 1. The second-order valence-electron chi connectivity index (χ2n) is 9.31. The minimum Gasteiger partial charge on any atom is -0.372 e. The first-order valence-corrected chi connectivity index (χ1v) is 12.2. The van der Waals surface area contributed by atoms with Crippen LogP contribution in [0, 0.1) is 0 Å². The van der Waals surface area contributed by atoms with Crippen LogP contribution in [0.5, 0.6) is 0 Å². The van der Waals surface area contributed by atoms with E-state index in [0.29, 0.717) is 0 Å². The Morgan fingerprint density at radius 1 is 0.882 bits per heavy atom. The fraction of sp³-hybridized carbons (Fsp3) is 0.276. The highest BCUT2D eigenvalue weighted by Gasteiger charge is 2.14. The van der Waals surface area contributed by atoms with Gasteiger partial charge < -0.3 is 4.90 Å². The van der Waals surface area contributed by atoms with Gasteiger partial charge in [0.2, 0.25) is 0 Å². The van der Waals surface area contributed by atoms with Crippen LogP contribution in [-0.4, -0.2) is 25.8 Å². The summed E-state index contributed by atoms with van der Waals surface area (Å²) in [7, 11) is 2.14. The Bertz CT molecular complexity index is 1130. The lowest BCUT2D eigenvalue weighted by molar-refractivity contribution is 0.590. The number of hydrogen-bond donors (Lipinski definition) is 0. The van der Waals surface area contributed by atoms with Crippen LogP contribution >= 0.6 is 36.6 Å². The van der Waals surface area contributed by atoms with Crippen molar-refractivity contribution in [2.24, 2.45) is 4.99 Å². The minimum absolute atomic E-state index is 0. The van der Waals surface area contributed by atoms with Gasteiger partial charge in [0.05, 0.1) is 12.3 Å². The Hall–Kier alpha value is -2.20. The number of benzene rings is 3. The molecule has 34 heavy (non-hydrogen) atoms. The third-order valence-electron chi connectivity index (χ3n) is 5.86. The molecule has 1 heterocycles. The quantitative estimate of drug-likeness (QED) is 0.321. The van der Waals surface area contributed by atoms with Crippen LogP contribution in [0.15, 0.2) is 88.8 Å². The van der Waals surface area contributed by atoms with E-state index in [0.717, 1.165) is 24.6 Å². The van der Waals surface area contributed by atoms with E-state index in [1.54, 1.807) is 0 Å². The number of fused-ring (bicyclic) bond motifs is 1. The molecule has 0 bridgehead atoms. The van der Waals surface area contributed by atoms with Crippen molar-refractivity contribution >= 4 is 54.1 Å². The third kappa shape index (κ3) is 6.91. The first-order chi connectivity index (χ1) is 15.4. The maximum atomic E-state index is 4.86. The average Bonchev–Trinajstić information content (AvgIpc) is 2.95. The van der Waals surface area contributed by atoms with E-state index in [9.17, 15) is 0 Å². The number of nitrogens with zero attached hydrogens (tertiary/aromatic N) is 2. The molecule has 3 aromatic carbocycles. The van der Waals surface area contributed by atoms with Crippen molar-refractivity contribution in [3.8, 4) is 0 Å². The number of benzodiazepines with no additional fused rings is 1. The lowest BCUT2D eigenvalue weighted by Gasteiger charge is -2.19. The van der Waals surface area contributed by atoms with Gasteiger partial charge >= 0.3 is 0 Å². The van der Waals surface area contributed by atoms with Gasteiger partial charge in [-0.3, -0.25) is 4.99 Å². The predicted molar refractivity (Wildman–Crippen MR) is 156 cm³/mol. The van der Waals surface area contributed by atoms with Gasteiger partial charge in [-0.15, -0.1) is 36.6 Å². The lowest BCUT2D eigenvalue weighted by atomic mass is 9.87. The molecule has 0 saturated carbocycles. The Labute approximate surface area is 221 Å². The molecule has 1 aliphatic rings. The van der Waals surface area contributed by atoms with E-state index in [2.05, 4.69) is 118 Å². The van der Waals surface area contributed by atoms with E-state index >= 15 is 0 Å². The number of para-hydroxylation sites is 1. The summed E-state index contributed by atoms with van der Waals surface area (Å²) in [6.45, 7) is 8.53. The number of thioether (sulfide) groups is 1. The van der Waals surface area contributed by atoms with Crippen LogP contribution in [0.4, 0.5) is 5.69 Å². The van der Waals surface area contributed by atoms with Gasteiger partial charge in [0.15, 0.2) is 0 Å². The zero-order valence-corrected chi connectivity index (χ0v) is 22.8. The molecule has 0 unspecified atom stereocenters. The maximum Gasteiger partial charge on any atom is 0.0668 e. The summed E-state index contributed by atoms with van der Waals surface area (Å²) in [6.07, 6.45) is 4.39. The van der Waals surface area contributed by atoms with Crippen molar-refractivity contribution in [3.05, 3.63) is 101 Å². The lowest BCUT2D eigenvalue weighted by Crippen LogP contribution is -2.20. The van der Waals surface area contributed by atoms with Crippen molar-refractivity contribution in [2.45, 2.75) is 36.8 Å². The summed E-state index contributed by atoms with van der Waals surface area (Å²) in [4.78, 5) is 8.44. The highest BCUT2D eigenvalue weighted by atomic mass is 35.5. The Balaban J connectivity index is 0.00000204. The van der Waals surface area contributed by atoms with Crippen molar-refractivity contribution in [1.29, 1.82) is 0 Å². The summed E-state index contributed by atoms with van der Waals surface area (Å²) < 4.78 is 0. The third-order valence-corrected chi connectivity index (χ3v) is 7.02. The molecule has 0 aromatic heterocycles. The van der Waals surface area contributed by atoms with Crippen LogP contribution in [0.2, 0.25) is 0 Å². The minimum atomic E-state index is 0. The second-order valence-corrected chi connectivity index (χ2v) is 10.3. The van der Waals surface area contributed by atoms with Crippen LogP contribution in [0.1, 0.15) is 43.0 Å². The van der Waals surface area contributed by atoms with Gasteiger partial charge in [0, 0.05) is 35.5 Å². The molecule has 3 aromatic rings. The molecule has 0 N–H and O–H groups in total. The van der Waals surface area contributed by atoms with E-state index in [-0.39, 0.29) is 30.2 Å². The zero-order chi connectivity index (χ0) is 22.6. The van der Waals surface area contributed by atoms with Crippen molar-refractivity contribution in [2.75, 3.05) is 25.0 Å². The smallest absolute Gasteiger partial charge is 0.0668 e. The van der Waals surface area contributed by atoms with Gasteiger partial charge in [-0.05, 0) is 40.3 Å². The van der Waals surface area contributed by atoms with Crippen LogP contribution < -0.4 is 4.90 Å². The number of allylic oxidation sites excluding steroid dienone is 1. The monoisotopic (exact) mass is 512 g/mol. The van der Waals surface area contributed by atoms with E-state index in [1.807, 2.05) is 11.8 Å². The van der Waals surface area contributed by atoms with Gasteiger partial charge in [-0.1, -0.05) is 87.5 Å². The molecule has 0 amide bonds.